The summed E-state index contributed by atoms with van der Waals surface area (Å²) < 4.78 is 26.5. The SMILES string of the molecule is CCCCN(CCO)S(=O)(=O)c1ccc(CNCC)cc1. The fraction of sp³-hybridized carbons (Fsp3) is 0.600. The van der Waals surface area contributed by atoms with Gasteiger partial charge in [0.2, 0.25) is 10.0 Å². The Morgan fingerprint density at radius 3 is 2.33 bits per heavy atom. The average Bonchev–Trinajstić information content (AvgIpc) is 2.49. The number of aliphatic hydroxyl groups is 1. The molecule has 120 valence electrons. The van der Waals surface area contributed by atoms with E-state index in [-0.39, 0.29) is 18.0 Å². The molecule has 2 N–H and O–H groups in total. The zero-order valence-electron chi connectivity index (χ0n) is 12.9. The molecule has 5 nitrogen and oxygen atoms in total. The zero-order chi connectivity index (χ0) is 15.7. The van der Waals surface area contributed by atoms with Gasteiger partial charge in [0, 0.05) is 19.6 Å². The molecule has 0 aromatic heterocycles. The largest absolute Gasteiger partial charge is 0.395 e. The van der Waals surface area contributed by atoms with Crippen LogP contribution >= 0.6 is 0 Å². The van der Waals surface area contributed by atoms with E-state index >= 15 is 0 Å². The normalized spacial score (nSPS) is 12.0. The van der Waals surface area contributed by atoms with Gasteiger partial charge in [0.05, 0.1) is 11.5 Å². The first-order valence-corrected chi connectivity index (χ1v) is 8.91. The Morgan fingerprint density at radius 2 is 1.81 bits per heavy atom. The Kier molecular flexibility index (Phi) is 7.88. The van der Waals surface area contributed by atoms with Crippen LogP contribution in [0.25, 0.3) is 0 Å². The van der Waals surface area contributed by atoms with Crippen molar-refractivity contribution < 1.29 is 13.5 Å². The molecule has 0 spiro atoms. The van der Waals surface area contributed by atoms with Crippen molar-refractivity contribution in [3.05, 3.63) is 29.8 Å². The molecular formula is C15H26N2O3S. The number of sulfonamides is 1. The van der Waals surface area contributed by atoms with E-state index in [4.69, 9.17) is 5.11 Å². The second-order valence-corrected chi connectivity index (χ2v) is 6.84. The van der Waals surface area contributed by atoms with Crippen molar-refractivity contribution in [3.63, 3.8) is 0 Å². The number of hydrogen-bond acceptors (Lipinski definition) is 4. The van der Waals surface area contributed by atoms with Gasteiger partial charge in [-0.3, -0.25) is 0 Å². The lowest BCUT2D eigenvalue weighted by molar-refractivity contribution is 0.252. The lowest BCUT2D eigenvalue weighted by atomic mass is 10.2. The Balaban J connectivity index is 2.88. The zero-order valence-corrected chi connectivity index (χ0v) is 13.7. The molecule has 1 aromatic rings. The molecule has 0 aliphatic rings. The van der Waals surface area contributed by atoms with Crippen LogP contribution in [0.3, 0.4) is 0 Å². The fourth-order valence-electron chi connectivity index (χ4n) is 2.00. The third kappa shape index (κ3) is 5.39. The summed E-state index contributed by atoms with van der Waals surface area (Å²) >= 11 is 0. The summed E-state index contributed by atoms with van der Waals surface area (Å²) in [6.45, 7) is 6.06. The fourth-order valence-corrected chi connectivity index (χ4v) is 3.47. The molecule has 0 aliphatic heterocycles. The van der Waals surface area contributed by atoms with Gasteiger partial charge in [0.15, 0.2) is 0 Å². The summed E-state index contributed by atoms with van der Waals surface area (Å²) in [6, 6.07) is 6.93. The summed E-state index contributed by atoms with van der Waals surface area (Å²) in [5.41, 5.74) is 1.05. The van der Waals surface area contributed by atoms with Crippen molar-refractivity contribution in [2.24, 2.45) is 0 Å². The number of hydrogen-bond donors (Lipinski definition) is 2. The highest BCUT2D eigenvalue weighted by molar-refractivity contribution is 7.89. The minimum Gasteiger partial charge on any atom is -0.395 e. The third-order valence-electron chi connectivity index (χ3n) is 3.25. The molecule has 0 aliphatic carbocycles. The number of nitrogens with one attached hydrogen (secondary N) is 1. The van der Waals surface area contributed by atoms with Crippen molar-refractivity contribution in [1.82, 2.24) is 9.62 Å². The molecule has 0 bridgehead atoms. The molecule has 0 radical (unpaired) electrons. The first-order chi connectivity index (χ1) is 10.1. The Morgan fingerprint density at radius 1 is 1.14 bits per heavy atom. The number of benzene rings is 1. The van der Waals surface area contributed by atoms with Gasteiger partial charge >= 0.3 is 0 Å². The highest BCUT2D eigenvalue weighted by atomic mass is 32.2. The molecular weight excluding hydrogens is 288 g/mol. The quantitative estimate of drug-likeness (QED) is 0.688. The average molecular weight is 314 g/mol. The van der Waals surface area contributed by atoms with Crippen molar-refractivity contribution in [2.45, 2.75) is 38.1 Å². The van der Waals surface area contributed by atoms with Crippen LogP contribution in [-0.4, -0.2) is 44.1 Å². The van der Waals surface area contributed by atoms with E-state index in [1.165, 1.54) is 4.31 Å². The maximum Gasteiger partial charge on any atom is 0.243 e. The molecule has 0 heterocycles. The summed E-state index contributed by atoms with van der Waals surface area (Å²) in [6.07, 6.45) is 1.71. The monoisotopic (exact) mass is 314 g/mol. The van der Waals surface area contributed by atoms with E-state index in [0.29, 0.717) is 6.54 Å². The molecule has 0 saturated carbocycles. The minimum atomic E-state index is -3.52. The van der Waals surface area contributed by atoms with Gasteiger partial charge in [0.1, 0.15) is 0 Å². The summed E-state index contributed by atoms with van der Waals surface area (Å²) in [5.74, 6) is 0. The Hall–Kier alpha value is -0.950. The molecule has 1 aromatic carbocycles. The van der Waals surface area contributed by atoms with Gasteiger partial charge in [-0.2, -0.15) is 4.31 Å². The van der Waals surface area contributed by atoms with Crippen molar-refractivity contribution >= 4 is 10.0 Å². The second kappa shape index (κ2) is 9.15. The van der Waals surface area contributed by atoms with Crippen molar-refractivity contribution in [1.29, 1.82) is 0 Å². The number of unbranched alkanes of at least 4 members (excludes halogenated alkanes) is 1. The molecule has 0 fully saturated rings. The first kappa shape index (κ1) is 18.1. The molecule has 21 heavy (non-hydrogen) atoms. The van der Waals surface area contributed by atoms with Crippen LogP contribution in [-0.2, 0) is 16.6 Å². The molecule has 1 rings (SSSR count). The molecule has 0 atom stereocenters. The van der Waals surface area contributed by atoms with Gasteiger partial charge in [0.25, 0.3) is 0 Å². The highest BCUT2D eigenvalue weighted by Gasteiger charge is 2.23. The van der Waals surface area contributed by atoms with Crippen LogP contribution in [0.15, 0.2) is 29.2 Å². The summed E-state index contributed by atoms with van der Waals surface area (Å²) in [4.78, 5) is 0.285. The lowest BCUT2D eigenvalue weighted by Crippen LogP contribution is -2.34. The van der Waals surface area contributed by atoms with Crippen molar-refractivity contribution in [3.8, 4) is 0 Å². The van der Waals surface area contributed by atoms with Gasteiger partial charge < -0.3 is 10.4 Å². The maximum absolute atomic E-state index is 12.6. The first-order valence-electron chi connectivity index (χ1n) is 7.46. The van der Waals surface area contributed by atoms with E-state index < -0.39 is 10.0 Å². The summed E-state index contributed by atoms with van der Waals surface area (Å²) in [7, 11) is -3.52. The number of aliphatic hydroxyl groups excluding tert-OH is 1. The smallest absolute Gasteiger partial charge is 0.243 e. The Labute approximate surface area is 128 Å². The minimum absolute atomic E-state index is 0.140. The van der Waals surface area contributed by atoms with Gasteiger partial charge in [-0.05, 0) is 30.7 Å². The summed E-state index contributed by atoms with van der Waals surface area (Å²) in [5, 5.41) is 12.3. The van der Waals surface area contributed by atoms with Crippen LogP contribution in [0, 0.1) is 0 Å². The van der Waals surface area contributed by atoms with E-state index in [1.54, 1.807) is 12.1 Å². The van der Waals surface area contributed by atoms with Crippen LogP contribution in [0.2, 0.25) is 0 Å². The van der Waals surface area contributed by atoms with E-state index in [9.17, 15) is 8.42 Å². The predicted octanol–water partition coefficient (Wildman–Crippen LogP) is 1.58. The Bertz CT molecular complexity index is 500. The van der Waals surface area contributed by atoms with Crippen LogP contribution in [0.4, 0.5) is 0 Å². The molecule has 0 saturated heterocycles. The van der Waals surface area contributed by atoms with E-state index in [1.807, 2.05) is 26.0 Å². The van der Waals surface area contributed by atoms with Crippen molar-refractivity contribution in [2.75, 3.05) is 26.2 Å². The van der Waals surface area contributed by atoms with Gasteiger partial charge in [-0.1, -0.05) is 32.4 Å². The number of rotatable bonds is 10. The topological polar surface area (TPSA) is 69.6 Å². The van der Waals surface area contributed by atoms with Crippen LogP contribution in [0.1, 0.15) is 32.3 Å². The second-order valence-electron chi connectivity index (χ2n) is 4.91. The van der Waals surface area contributed by atoms with Crippen LogP contribution < -0.4 is 5.32 Å². The number of nitrogens with zero attached hydrogens (tertiary/aromatic N) is 1. The molecule has 6 heteroatoms. The maximum atomic E-state index is 12.6. The molecule has 0 amide bonds. The van der Waals surface area contributed by atoms with Gasteiger partial charge in [-0.15, -0.1) is 0 Å². The lowest BCUT2D eigenvalue weighted by Gasteiger charge is -2.21. The van der Waals surface area contributed by atoms with Gasteiger partial charge in [-0.25, -0.2) is 8.42 Å². The standard InChI is InChI=1S/C15H26N2O3S/c1-3-5-10-17(11-12-18)21(19,20)15-8-6-14(7-9-15)13-16-4-2/h6-9,16,18H,3-5,10-13H2,1-2H3. The molecule has 0 unspecified atom stereocenters. The van der Waals surface area contributed by atoms with Crippen LogP contribution in [0.5, 0.6) is 0 Å². The highest BCUT2D eigenvalue weighted by Crippen LogP contribution is 2.17. The van der Waals surface area contributed by atoms with E-state index in [0.717, 1.165) is 31.5 Å². The third-order valence-corrected chi connectivity index (χ3v) is 5.16. The van der Waals surface area contributed by atoms with E-state index in [2.05, 4.69) is 5.32 Å². The predicted molar refractivity (Wildman–Crippen MR) is 84.6 cm³/mol.